The van der Waals surface area contributed by atoms with Crippen LogP contribution >= 0.6 is 11.3 Å². The number of nitrogens with one attached hydrogen (secondary N) is 1. The molecule has 0 radical (unpaired) electrons. The normalized spacial score (nSPS) is 12.0. The molecule has 0 spiro atoms. The number of methoxy groups -OCH3 is 1. The maximum absolute atomic E-state index is 12.7. The molecule has 154 valence electrons. The molecule has 6 heteroatoms. The number of aryl methyl sites for hydroxylation is 4. The number of para-hydroxylation sites is 1. The van der Waals surface area contributed by atoms with Gasteiger partial charge in [-0.25, -0.2) is 4.98 Å². The van der Waals surface area contributed by atoms with Crippen LogP contribution in [0.15, 0.2) is 34.8 Å². The van der Waals surface area contributed by atoms with E-state index in [9.17, 15) is 4.79 Å². The fourth-order valence-corrected chi connectivity index (χ4v) is 4.67. The molecule has 0 atom stereocenters. The molecule has 2 aromatic carbocycles. The Kier molecular flexibility index (Phi) is 5.12. The van der Waals surface area contributed by atoms with Gasteiger partial charge in [-0.05, 0) is 63.5 Å². The summed E-state index contributed by atoms with van der Waals surface area (Å²) in [5.74, 6) is 1.38. The topological polar surface area (TPSA) is 64.4 Å². The lowest BCUT2D eigenvalue weighted by atomic mass is 9.98. The Morgan fingerprint density at radius 3 is 2.67 bits per heavy atom. The first-order valence-corrected chi connectivity index (χ1v) is 10.5. The van der Waals surface area contributed by atoms with E-state index in [-0.39, 0.29) is 5.91 Å². The highest BCUT2D eigenvalue weighted by molar-refractivity contribution is 7.22. The summed E-state index contributed by atoms with van der Waals surface area (Å²) in [5.41, 5.74) is 6.55. The van der Waals surface area contributed by atoms with Gasteiger partial charge in [0.1, 0.15) is 17.1 Å². The first kappa shape index (κ1) is 20.2. The van der Waals surface area contributed by atoms with Crippen molar-refractivity contribution in [1.82, 2.24) is 4.98 Å². The number of ether oxygens (including phenoxy) is 1. The van der Waals surface area contributed by atoms with Crippen molar-refractivity contribution in [2.75, 3.05) is 12.4 Å². The maximum Gasteiger partial charge on any atom is 0.250 e. The third-order valence-corrected chi connectivity index (χ3v) is 6.41. The molecular weight excluding hydrogens is 396 g/mol. The quantitative estimate of drug-likeness (QED) is 0.392. The monoisotopic (exact) mass is 420 g/mol. The van der Waals surface area contributed by atoms with Crippen LogP contribution in [0.3, 0.4) is 0 Å². The van der Waals surface area contributed by atoms with Crippen molar-refractivity contribution >= 4 is 49.1 Å². The van der Waals surface area contributed by atoms with Crippen molar-refractivity contribution < 1.29 is 13.9 Å². The van der Waals surface area contributed by atoms with Crippen LogP contribution in [-0.2, 0) is 4.79 Å². The van der Waals surface area contributed by atoms with Gasteiger partial charge in [-0.15, -0.1) is 0 Å². The van der Waals surface area contributed by atoms with Crippen LogP contribution in [-0.4, -0.2) is 18.0 Å². The number of benzene rings is 2. The highest BCUT2D eigenvalue weighted by Crippen LogP contribution is 2.38. The molecule has 30 heavy (non-hydrogen) atoms. The Hall–Kier alpha value is -3.12. The van der Waals surface area contributed by atoms with Crippen LogP contribution in [0.2, 0.25) is 0 Å². The number of furan rings is 1. The van der Waals surface area contributed by atoms with Crippen molar-refractivity contribution in [2.24, 2.45) is 0 Å². The second-order valence-electron chi connectivity index (χ2n) is 7.50. The molecule has 2 aromatic heterocycles. The van der Waals surface area contributed by atoms with Crippen molar-refractivity contribution in [2.45, 2.75) is 34.6 Å². The lowest BCUT2D eigenvalue weighted by Crippen LogP contribution is -2.08. The number of amides is 1. The number of thiazole rings is 1. The van der Waals surface area contributed by atoms with Crippen molar-refractivity contribution in [3.05, 3.63) is 58.4 Å². The van der Waals surface area contributed by atoms with Crippen LogP contribution in [0.1, 0.15) is 34.9 Å². The van der Waals surface area contributed by atoms with E-state index in [1.54, 1.807) is 13.2 Å². The Morgan fingerprint density at radius 2 is 1.97 bits per heavy atom. The summed E-state index contributed by atoms with van der Waals surface area (Å²) in [6.07, 6.45) is 1.59. The smallest absolute Gasteiger partial charge is 0.250 e. The standard InChI is InChI=1S/C24H24N2O3S/c1-12-8-7-9-19-21(12)26-24(30-19)25-20(27)10-13(2)17-11-18-14(3)16(5)29-23(18)15(4)22(17)28-6/h7-11H,1-6H3,(H,25,26,27)/b13-10+. The van der Waals surface area contributed by atoms with E-state index in [1.807, 2.05) is 58.9 Å². The zero-order chi connectivity index (χ0) is 21.6. The number of aromatic nitrogens is 1. The van der Waals surface area contributed by atoms with E-state index < -0.39 is 0 Å². The van der Waals surface area contributed by atoms with Gasteiger partial charge < -0.3 is 9.15 Å². The van der Waals surface area contributed by atoms with Crippen LogP contribution in [0, 0.1) is 27.7 Å². The molecule has 0 aliphatic carbocycles. The minimum Gasteiger partial charge on any atom is -0.496 e. The number of nitrogens with zero attached hydrogens (tertiary/aromatic N) is 1. The van der Waals surface area contributed by atoms with Crippen LogP contribution < -0.4 is 10.1 Å². The third-order valence-electron chi connectivity index (χ3n) is 5.47. The second kappa shape index (κ2) is 7.61. The van der Waals surface area contributed by atoms with Gasteiger partial charge >= 0.3 is 0 Å². The van der Waals surface area contributed by atoms with Crippen molar-refractivity contribution in [3.8, 4) is 5.75 Å². The molecule has 1 N–H and O–H groups in total. The van der Waals surface area contributed by atoms with Gasteiger partial charge in [0.25, 0.3) is 0 Å². The average Bonchev–Trinajstić information content (AvgIpc) is 3.23. The summed E-state index contributed by atoms with van der Waals surface area (Å²) < 4.78 is 12.6. The number of allylic oxidation sites excluding steroid dienone is 1. The number of carbonyl (C=O) groups excluding carboxylic acids is 1. The molecule has 4 rings (SSSR count). The van der Waals surface area contributed by atoms with Gasteiger partial charge in [-0.1, -0.05) is 23.5 Å². The maximum atomic E-state index is 12.7. The van der Waals surface area contributed by atoms with E-state index in [1.165, 1.54) is 11.3 Å². The van der Waals surface area contributed by atoms with Crippen LogP contribution in [0.25, 0.3) is 26.8 Å². The Bertz CT molecular complexity index is 1330. The van der Waals surface area contributed by atoms with Crippen LogP contribution in [0.5, 0.6) is 5.75 Å². The largest absolute Gasteiger partial charge is 0.496 e. The Morgan fingerprint density at radius 1 is 1.20 bits per heavy atom. The van der Waals surface area contributed by atoms with Gasteiger partial charge in [0.05, 0.1) is 17.3 Å². The number of hydrogen-bond acceptors (Lipinski definition) is 5. The van der Waals surface area contributed by atoms with Gasteiger partial charge in [0, 0.05) is 22.6 Å². The molecular formula is C24H24N2O3S. The number of anilines is 1. The summed E-state index contributed by atoms with van der Waals surface area (Å²) in [6, 6.07) is 8.06. The van der Waals surface area contributed by atoms with Gasteiger partial charge in [0.15, 0.2) is 5.13 Å². The predicted molar refractivity (Wildman–Crippen MR) is 124 cm³/mol. The number of carbonyl (C=O) groups is 1. The number of rotatable bonds is 4. The summed E-state index contributed by atoms with van der Waals surface area (Å²) in [5, 5.41) is 4.53. The number of hydrogen-bond donors (Lipinski definition) is 1. The van der Waals surface area contributed by atoms with Crippen molar-refractivity contribution in [3.63, 3.8) is 0 Å². The van der Waals surface area contributed by atoms with E-state index in [0.717, 1.165) is 54.8 Å². The molecule has 0 fully saturated rings. The van der Waals surface area contributed by atoms with E-state index in [4.69, 9.17) is 9.15 Å². The molecule has 4 aromatic rings. The lowest BCUT2D eigenvalue weighted by molar-refractivity contribution is -0.111. The highest BCUT2D eigenvalue weighted by atomic mass is 32.1. The number of fused-ring (bicyclic) bond motifs is 2. The molecule has 0 saturated heterocycles. The highest BCUT2D eigenvalue weighted by Gasteiger charge is 2.18. The molecule has 1 amide bonds. The molecule has 5 nitrogen and oxygen atoms in total. The molecule has 0 saturated carbocycles. The zero-order valence-corrected chi connectivity index (χ0v) is 18.8. The van der Waals surface area contributed by atoms with E-state index in [0.29, 0.717) is 10.9 Å². The minimum absolute atomic E-state index is 0.218. The van der Waals surface area contributed by atoms with Gasteiger partial charge in [-0.2, -0.15) is 0 Å². The first-order chi connectivity index (χ1) is 14.3. The Balaban J connectivity index is 1.69. The van der Waals surface area contributed by atoms with Crippen molar-refractivity contribution in [1.29, 1.82) is 0 Å². The average molecular weight is 421 g/mol. The summed E-state index contributed by atoms with van der Waals surface area (Å²) in [4.78, 5) is 17.3. The summed E-state index contributed by atoms with van der Waals surface area (Å²) in [6.45, 7) is 9.90. The zero-order valence-electron chi connectivity index (χ0n) is 18.0. The van der Waals surface area contributed by atoms with E-state index >= 15 is 0 Å². The Labute approximate surface area is 179 Å². The van der Waals surface area contributed by atoms with Crippen LogP contribution in [0.4, 0.5) is 5.13 Å². The lowest BCUT2D eigenvalue weighted by Gasteiger charge is -2.13. The molecule has 0 aliphatic rings. The second-order valence-corrected chi connectivity index (χ2v) is 8.53. The van der Waals surface area contributed by atoms with E-state index in [2.05, 4.69) is 10.3 Å². The molecule has 2 heterocycles. The third kappa shape index (κ3) is 3.37. The summed E-state index contributed by atoms with van der Waals surface area (Å²) in [7, 11) is 1.64. The van der Waals surface area contributed by atoms with Gasteiger partial charge in [-0.3, -0.25) is 10.1 Å². The minimum atomic E-state index is -0.218. The SMILES string of the molecule is COc1c(/C(C)=C/C(=O)Nc2nc3c(C)cccc3s2)cc2c(C)c(C)oc2c1C. The fourth-order valence-electron chi connectivity index (χ4n) is 3.72. The van der Waals surface area contributed by atoms with Gasteiger partial charge in [0.2, 0.25) is 5.91 Å². The summed E-state index contributed by atoms with van der Waals surface area (Å²) >= 11 is 1.47. The molecule has 0 bridgehead atoms. The fraction of sp³-hybridized carbons (Fsp3) is 0.250. The molecule has 0 unspecified atom stereocenters. The first-order valence-electron chi connectivity index (χ1n) is 9.73. The molecule has 0 aliphatic heterocycles. The predicted octanol–water partition coefficient (Wildman–Crippen LogP) is 6.33.